The highest BCUT2D eigenvalue weighted by Gasteiger charge is 2.59. The smallest absolute Gasteiger partial charge is 0.0738 e. The largest absolute Gasteiger partial charge is 0.356 e. The summed E-state index contributed by atoms with van der Waals surface area (Å²) in [6, 6.07) is 130. The van der Waals surface area contributed by atoms with Gasteiger partial charge in [0.25, 0.3) is 0 Å². The van der Waals surface area contributed by atoms with E-state index in [4.69, 9.17) is 0 Å². The van der Waals surface area contributed by atoms with Crippen LogP contribution in [0.1, 0.15) is 94.5 Å². The van der Waals surface area contributed by atoms with Gasteiger partial charge < -0.3 is 10.2 Å². The SMILES string of the molecule is Brc1ccc2c(c1)C13c4ccccc4-c4cccc(c41)-c1cccc-2c13.CC1(C)c2ccccc2-c2ccc(N(c3ccc(-c4ccccc4)cc3)c3ccc4c(c3)C35c6ccccc6-c6cccc(c63)-c3cccc-4c35)cc21.CC1(C)c2ccccc2-c2ccc(Nc3ccc(-c4ccccc4)cc3)cc21. The maximum Gasteiger partial charge on any atom is 0.0738 e. The van der Waals surface area contributed by atoms with Crippen LogP contribution in [0.4, 0.5) is 28.4 Å². The number of halogens is 1. The predicted molar refractivity (Wildman–Crippen MR) is 448 cm³/mol. The number of benzene rings is 16. The van der Waals surface area contributed by atoms with Crippen molar-refractivity contribution in [2.45, 2.75) is 49.4 Å². The summed E-state index contributed by atoms with van der Waals surface area (Å²) in [7, 11) is 0. The molecule has 504 valence electrons. The van der Waals surface area contributed by atoms with Gasteiger partial charge in [-0.25, -0.2) is 0 Å². The van der Waals surface area contributed by atoms with Crippen LogP contribution in [0.25, 0.3) is 111 Å². The highest BCUT2D eigenvalue weighted by atomic mass is 79.9. The van der Waals surface area contributed by atoms with Gasteiger partial charge in [0.05, 0.1) is 10.8 Å². The Balaban J connectivity index is 0.000000110. The lowest BCUT2D eigenvalue weighted by Crippen LogP contribution is -2.23. The molecule has 8 aliphatic carbocycles. The maximum atomic E-state index is 3.73. The molecule has 0 radical (unpaired) electrons. The summed E-state index contributed by atoms with van der Waals surface area (Å²) in [6.45, 7) is 9.37. The first-order valence-corrected chi connectivity index (χ1v) is 38.4. The van der Waals surface area contributed by atoms with E-state index < -0.39 is 0 Å². The molecule has 3 heteroatoms. The minimum absolute atomic E-state index is 0.0286. The molecule has 16 aromatic carbocycles. The van der Waals surface area contributed by atoms with Crippen LogP contribution in [0, 0.1) is 0 Å². The van der Waals surface area contributed by atoms with Gasteiger partial charge in [0.1, 0.15) is 0 Å². The summed E-state index contributed by atoms with van der Waals surface area (Å²) in [5.41, 5.74) is 49.1. The Bertz CT molecular complexity index is 6400. The van der Waals surface area contributed by atoms with Crippen LogP contribution in [0.3, 0.4) is 0 Å². The van der Waals surface area contributed by atoms with Crippen LogP contribution in [0.5, 0.6) is 0 Å². The number of hydrogen-bond donors (Lipinski definition) is 1. The molecule has 1 N–H and O–H groups in total. The molecule has 0 aromatic heterocycles. The molecule has 0 fully saturated rings. The molecule has 2 unspecified atom stereocenters. The topological polar surface area (TPSA) is 15.3 Å². The van der Waals surface area contributed by atoms with Crippen molar-refractivity contribution >= 4 is 44.4 Å². The molecular weight excluding hydrogens is 1360 g/mol. The number of anilines is 5. The molecule has 0 amide bonds. The van der Waals surface area contributed by atoms with Crippen LogP contribution in [-0.2, 0) is 21.7 Å². The van der Waals surface area contributed by atoms with Crippen LogP contribution < -0.4 is 10.2 Å². The standard InChI is InChI=1S/C52H35N.C27H23N.C25H13Br/c1-51(2)45-20-8-6-14-37(45)39-28-26-35(30-47(39)51)53(34-24-22-33(23-25-34)32-12-4-3-5-13-32)36-27-29-40-42-17-11-19-44-43-18-10-16-41-38-15-7-9-21-46(38)52(49(41)43,50(42)44)48(40)31-36;1-27(2)25-11-7-6-10-23(25)24-17-16-22(18-26(24)27)28-21-14-12-20(13-15-21)19-8-4-3-5-9-19;26-14-11-12-16-18-7-4-9-20-19-8-3-6-17-15-5-1-2-10-21(15)25(23(17)19,24(18)20)22(16)13-14/h3-31H,1-2H3;3-18,28H,1-2H3;1-13H. The second-order valence-corrected chi connectivity index (χ2v) is 32.0. The average molecular weight is 1430 g/mol. The Hall–Kier alpha value is -12.4. The normalized spacial score (nSPS) is 16.5. The van der Waals surface area contributed by atoms with Gasteiger partial charge in [-0.2, -0.15) is 0 Å². The van der Waals surface area contributed by atoms with Gasteiger partial charge in [0, 0.05) is 43.7 Å². The van der Waals surface area contributed by atoms with Gasteiger partial charge in [-0.05, 0) is 251 Å². The molecule has 2 spiro atoms. The Morgan fingerprint density at radius 3 is 0.953 bits per heavy atom. The van der Waals surface area contributed by atoms with Crippen LogP contribution in [0.15, 0.2) is 356 Å². The Kier molecular flexibility index (Phi) is 13.2. The Labute approximate surface area is 633 Å². The number of nitrogens with one attached hydrogen (secondary N) is 1. The third-order valence-corrected chi connectivity index (χ3v) is 25.6. The highest BCUT2D eigenvalue weighted by molar-refractivity contribution is 9.10. The number of rotatable bonds is 7. The lowest BCUT2D eigenvalue weighted by atomic mass is 9.73. The van der Waals surface area contributed by atoms with Gasteiger partial charge in [-0.3, -0.25) is 0 Å². The van der Waals surface area contributed by atoms with E-state index in [9.17, 15) is 0 Å². The van der Waals surface area contributed by atoms with Crippen molar-refractivity contribution in [1.29, 1.82) is 0 Å². The van der Waals surface area contributed by atoms with E-state index in [1.54, 1.807) is 0 Å². The van der Waals surface area contributed by atoms with E-state index in [2.05, 4.69) is 400 Å². The van der Waals surface area contributed by atoms with E-state index in [1.165, 1.54) is 189 Å². The molecule has 0 heterocycles. The summed E-state index contributed by atoms with van der Waals surface area (Å²) in [4.78, 5) is 2.48. The Morgan fingerprint density at radius 2 is 0.505 bits per heavy atom. The summed E-state index contributed by atoms with van der Waals surface area (Å²) in [6.07, 6.45) is 0. The molecule has 0 bridgehead atoms. The van der Waals surface area contributed by atoms with Crippen LogP contribution in [-0.4, -0.2) is 0 Å². The molecule has 0 saturated carbocycles. The molecule has 8 aliphatic rings. The number of hydrogen-bond acceptors (Lipinski definition) is 2. The molecule has 2 nitrogen and oxygen atoms in total. The van der Waals surface area contributed by atoms with Gasteiger partial charge in [0.15, 0.2) is 0 Å². The molecule has 107 heavy (non-hydrogen) atoms. The van der Waals surface area contributed by atoms with Crippen LogP contribution >= 0.6 is 15.9 Å². The summed E-state index contributed by atoms with van der Waals surface area (Å²) < 4.78 is 1.15. The van der Waals surface area contributed by atoms with Crippen molar-refractivity contribution in [3.05, 3.63) is 423 Å². The second-order valence-electron chi connectivity index (χ2n) is 31.1. The van der Waals surface area contributed by atoms with Crippen molar-refractivity contribution in [2.24, 2.45) is 0 Å². The zero-order chi connectivity index (χ0) is 71.2. The molecular formula is C104H71BrN2. The fourth-order valence-corrected chi connectivity index (χ4v) is 21.0. The van der Waals surface area contributed by atoms with Crippen molar-refractivity contribution in [2.75, 3.05) is 10.2 Å². The van der Waals surface area contributed by atoms with Gasteiger partial charge in [-0.15, -0.1) is 0 Å². The first-order chi connectivity index (χ1) is 52.5. The molecule has 0 aliphatic heterocycles. The monoisotopic (exact) mass is 1430 g/mol. The van der Waals surface area contributed by atoms with Gasteiger partial charge in [0.2, 0.25) is 0 Å². The highest BCUT2D eigenvalue weighted by Crippen LogP contribution is 2.72. The van der Waals surface area contributed by atoms with E-state index >= 15 is 0 Å². The number of fused-ring (bicyclic) bond motifs is 16. The summed E-state index contributed by atoms with van der Waals surface area (Å²) >= 11 is 3.73. The average Bonchev–Trinajstić information content (AvgIpc) is 1.48. The van der Waals surface area contributed by atoms with E-state index in [0.29, 0.717) is 0 Å². The first-order valence-electron chi connectivity index (χ1n) is 37.6. The van der Waals surface area contributed by atoms with Crippen molar-refractivity contribution in [3.63, 3.8) is 0 Å². The van der Waals surface area contributed by atoms with Gasteiger partial charge >= 0.3 is 0 Å². The lowest BCUT2D eigenvalue weighted by molar-refractivity contribution is 0.660. The fourth-order valence-electron chi connectivity index (χ4n) is 20.6. The van der Waals surface area contributed by atoms with Gasteiger partial charge in [-0.1, -0.05) is 323 Å². The zero-order valence-electron chi connectivity index (χ0n) is 59.8. The van der Waals surface area contributed by atoms with E-state index in [-0.39, 0.29) is 21.7 Å². The predicted octanol–water partition coefficient (Wildman–Crippen LogP) is 27.6. The lowest BCUT2D eigenvalue weighted by Gasteiger charge is -2.31. The van der Waals surface area contributed by atoms with Crippen molar-refractivity contribution in [1.82, 2.24) is 0 Å². The third-order valence-electron chi connectivity index (χ3n) is 25.1. The Morgan fingerprint density at radius 1 is 0.215 bits per heavy atom. The zero-order valence-corrected chi connectivity index (χ0v) is 61.4. The van der Waals surface area contributed by atoms with Crippen molar-refractivity contribution < 1.29 is 0 Å². The first kappa shape index (κ1) is 62.0. The molecule has 0 saturated heterocycles. The third kappa shape index (κ3) is 8.52. The molecule has 16 aromatic rings. The fraction of sp³-hybridized carbons (Fsp3) is 0.0769. The van der Waals surface area contributed by atoms with Crippen molar-refractivity contribution in [3.8, 4) is 111 Å². The maximum absolute atomic E-state index is 3.73. The van der Waals surface area contributed by atoms with Crippen LogP contribution in [0.2, 0.25) is 0 Å². The minimum Gasteiger partial charge on any atom is -0.356 e. The molecule has 24 rings (SSSR count). The minimum atomic E-state index is -0.329. The second kappa shape index (κ2) is 22.8. The number of nitrogens with zero attached hydrogens (tertiary/aromatic N) is 1. The summed E-state index contributed by atoms with van der Waals surface area (Å²) in [5.74, 6) is 0. The summed E-state index contributed by atoms with van der Waals surface area (Å²) in [5, 5.41) is 3.58. The quantitative estimate of drug-likeness (QED) is 0.171. The molecule has 2 atom stereocenters. The van der Waals surface area contributed by atoms with E-state index in [1.807, 2.05) is 6.07 Å². The van der Waals surface area contributed by atoms with E-state index in [0.717, 1.165) is 21.5 Å².